The Balaban J connectivity index is 1.50. The Kier molecular flexibility index (Phi) is 5.17. The maximum Gasteiger partial charge on any atom is 0.314 e. The van der Waals surface area contributed by atoms with Gasteiger partial charge in [0.2, 0.25) is 5.90 Å². The minimum atomic E-state index is -0.498. The first-order valence-electron chi connectivity index (χ1n) is 9.79. The molecule has 9 nitrogen and oxygen atoms in total. The third-order valence-electron chi connectivity index (χ3n) is 5.48. The predicted octanol–water partition coefficient (Wildman–Crippen LogP) is 2.04. The number of carbonyl (C=O) groups is 1. The van der Waals surface area contributed by atoms with Crippen LogP contribution in [0.25, 0.3) is 5.70 Å². The van der Waals surface area contributed by atoms with Crippen LogP contribution >= 0.6 is 0 Å². The normalized spacial score (nSPS) is 23.0. The summed E-state index contributed by atoms with van der Waals surface area (Å²) >= 11 is 0. The molecule has 0 radical (unpaired) electrons. The number of allylic oxidation sites excluding steroid dienone is 1. The molecule has 1 aromatic carbocycles. The summed E-state index contributed by atoms with van der Waals surface area (Å²) in [7, 11) is 0. The van der Waals surface area contributed by atoms with E-state index in [0.29, 0.717) is 32.0 Å². The summed E-state index contributed by atoms with van der Waals surface area (Å²) in [6.45, 7) is 5.83. The fourth-order valence-electron chi connectivity index (χ4n) is 3.76. The molecule has 1 saturated heterocycles. The van der Waals surface area contributed by atoms with Gasteiger partial charge in [-0.1, -0.05) is 12.1 Å². The van der Waals surface area contributed by atoms with Crippen LogP contribution in [0, 0.1) is 10.8 Å². The Labute approximate surface area is 174 Å². The van der Waals surface area contributed by atoms with Gasteiger partial charge < -0.3 is 24.8 Å². The Bertz CT molecular complexity index is 982. The lowest BCUT2D eigenvalue weighted by Gasteiger charge is -2.31. The number of fused-ring (bicyclic) bond motifs is 1. The van der Waals surface area contributed by atoms with E-state index in [1.54, 1.807) is 6.08 Å². The second-order valence-electron chi connectivity index (χ2n) is 7.99. The Morgan fingerprint density at radius 1 is 1.40 bits per heavy atom. The number of rotatable bonds is 3. The monoisotopic (exact) mass is 411 g/mol. The Morgan fingerprint density at radius 2 is 2.20 bits per heavy atom. The Hall–Kier alpha value is -3.04. The van der Waals surface area contributed by atoms with Crippen molar-refractivity contribution in [1.29, 1.82) is 10.8 Å². The van der Waals surface area contributed by atoms with E-state index in [1.165, 1.54) is 4.90 Å². The number of benzene rings is 1. The van der Waals surface area contributed by atoms with Gasteiger partial charge in [0.1, 0.15) is 18.4 Å². The number of hydrogen-bond donors (Lipinski definition) is 3. The maximum atomic E-state index is 11.4. The molecule has 4 N–H and O–H groups in total. The maximum absolute atomic E-state index is 11.4. The molecular formula is C21H25N5O4. The summed E-state index contributed by atoms with van der Waals surface area (Å²) in [6, 6.07) is 5.47. The lowest BCUT2D eigenvalue weighted by molar-refractivity contribution is -0.0359. The zero-order chi connectivity index (χ0) is 21.5. The quantitative estimate of drug-likeness (QED) is 0.701. The number of aliphatic imine (C=N–C) groups is 1. The molecule has 1 aromatic rings. The lowest BCUT2D eigenvalue weighted by Crippen LogP contribution is -2.49. The highest BCUT2D eigenvalue weighted by atomic mass is 16.5. The average molecular weight is 411 g/mol. The van der Waals surface area contributed by atoms with E-state index in [-0.39, 0.29) is 35.6 Å². The molecule has 0 bridgehead atoms. The molecule has 1 fully saturated rings. The van der Waals surface area contributed by atoms with Crippen LogP contribution in [0.3, 0.4) is 0 Å². The first-order valence-corrected chi connectivity index (χ1v) is 9.79. The van der Waals surface area contributed by atoms with E-state index in [1.807, 2.05) is 32.0 Å². The molecule has 0 aliphatic carbocycles. The molecule has 0 aromatic heterocycles. The molecule has 158 valence electrons. The topological polar surface area (TPSA) is 134 Å². The van der Waals surface area contributed by atoms with E-state index in [9.17, 15) is 4.79 Å². The van der Waals surface area contributed by atoms with E-state index >= 15 is 0 Å². The molecule has 30 heavy (non-hydrogen) atoms. The van der Waals surface area contributed by atoms with Crippen molar-refractivity contribution < 1.29 is 19.0 Å². The number of nitrogens with one attached hydrogen (secondary N) is 2. The van der Waals surface area contributed by atoms with E-state index in [4.69, 9.17) is 30.8 Å². The molecule has 3 aliphatic rings. The summed E-state index contributed by atoms with van der Waals surface area (Å²) < 4.78 is 17.2. The number of carbonyl (C=O) groups excluding carboxylic acids is 1. The molecule has 1 atom stereocenters. The Morgan fingerprint density at radius 3 is 2.97 bits per heavy atom. The highest BCUT2D eigenvalue weighted by molar-refractivity contribution is 6.69. The van der Waals surface area contributed by atoms with Crippen molar-refractivity contribution in [3.63, 3.8) is 0 Å². The van der Waals surface area contributed by atoms with E-state index in [0.717, 1.165) is 16.7 Å². The largest absolute Gasteiger partial charge is 0.473 e. The molecule has 0 unspecified atom stereocenters. The minimum absolute atomic E-state index is 0.0235. The van der Waals surface area contributed by atoms with Gasteiger partial charge in [0, 0.05) is 12.1 Å². The van der Waals surface area contributed by atoms with Gasteiger partial charge in [0.05, 0.1) is 36.8 Å². The van der Waals surface area contributed by atoms with Crippen LogP contribution in [0.15, 0.2) is 29.3 Å². The van der Waals surface area contributed by atoms with Crippen LogP contribution in [0.5, 0.6) is 0 Å². The van der Waals surface area contributed by atoms with Gasteiger partial charge in [-0.05, 0) is 37.1 Å². The van der Waals surface area contributed by atoms with Crippen LogP contribution in [0.1, 0.15) is 30.5 Å². The van der Waals surface area contributed by atoms with Gasteiger partial charge in [0.25, 0.3) is 0 Å². The molecule has 3 aliphatic heterocycles. The van der Waals surface area contributed by atoms with Crippen LogP contribution in [0.4, 0.5) is 4.79 Å². The van der Waals surface area contributed by atoms with Gasteiger partial charge in [0.15, 0.2) is 0 Å². The molecule has 3 heterocycles. The van der Waals surface area contributed by atoms with E-state index in [2.05, 4.69) is 4.99 Å². The average Bonchev–Trinajstić information content (AvgIpc) is 3.03. The van der Waals surface area contributed by atoms with Crippen LogP contribution in [0.2, 0.25) is 0 Å². The first kappa shape index (κ1) is 20.2. The third kappa shape index (κ3) is 3.86. The smallest absolute Gasteiger partial charge is 0.314 e. The fraction of sp³-hybridized carbons (Fsp3) is 0.429. The molecule has 0 spiro atoms. The van der Waals surface area contributed by atoms with Gasteiger partial charge in [-0.15, -0.1) is 0 Å². The van der Waals surface area contributed by atoms with Crippen molar-refractivity contribution in [1.82, 2.24) is 4.90 Å². The van der Waals surface area contributed by atoms with Gasteiger partial charge in [-0.25, -0.2) is 9.79 Å². The van der Waals surface area contributed by atoms with Gasteiger partial charge in [-0.3, -0.25) is 10.8 Å². The highest BCUT2D eigenvalue weighted by Gasteiger charge is 2.31. The number of nitrogens with zero attached hydrogens (tertiary/aromatic N) is 2. The van der Waals surface area contributed by atoms with Crippen molar-refractivity contribution in [2.45, 2.75) is 32.2 Å². The third-order valence-corrected chi connectivity index (χ3v) is 5.48. The van der Waals surface area contributed by atoms with Gasteiger partial charge in [-0.2, -0.15) is 0 Å². The number of nitrogens with two attached hydrogens (primary N) is 1. The summed E-state index contributed by atoms with van der Waals surface area (Å²) in [5.74, 6) is 0.0642. The van der Waals surface area contributed by atoms with Crippen LogP contribution < -0.4 is 5.73 Å². The number of hydrogen-bond acceptors (Lipinski definition) is 7. The van der Waals surface area contributed by atoms with Crippen molar-refractivity contribution in [3.05, 3.63) is 41.0 Å². The SMILES string of the molecule is CC1(C)OCc2cc(C3=CC(=N)C(=N)C(OC[C@@H]4CN(C(N)=O)CCO4)=N3)ccc21. The second kappa shape index (κ2) is 7.66. The fourth-order valence-corrected chi connectivity index (χ4v) is 3.76. The standard InChI is InChI=1S/C21H25N5O4/c1-21(2)15-4-3-12(7-13(15)10-30-21)17-8-16(22)18(23)19(25-17)29-11-14-9-26(20(24)27)5-6-28-14/h3-4,7-8,14,22-23H,5-6,9-11H2,1-2H3,(H2,24,27)/t14-/m0/s1. The van der Waals surface area contributed by atoms with E-state index < -0.39 is 6.03 Å². The molecule has 4 rings (SSSR count). The zero-order valence-corrected chi connectivity index (χ0v) is 17.0. The number of amides is 2. The summed E-state index contributed by atoms with van der Waals surface area (Å²) in [6.07, 6.45) is 1.19. The zero-order valence-electron chi connectivity index (χ0n) is 17.0. The number of urea groups is 1. The molecule has 9 heteroatoms. The van der Waals surface area contributed by atoms with Crippen molar-refractivity contribution in [3.8, 4) is 0 Å². The minimum Gasteiger partial charge on any atom is -0.473 e. The molecule has 0 saturated carbocycles. The summed E-state index contributed by atoms with van der Waals surface area (Å²) in [5.41, 5.74) is 8.57. The highest BCUT2D eigenvalue weighted by Crippen LogP contribution is 2.37. The molecular weight excluding hydrogens is 386 g/mol. The summed E-state index contributed by atoms with van der Waals surface area (Å²) in [4.78, 5) is 17.3. The number of morpholine rings is 1. The van der Waals surface area contributed by atoms with Crippen LogP contribution in [-0.2, 0) is 26.4 Å². The van der Waals surface area contributed by atoms with Crippen molar-refractivity contribution >= 4 is 29.0 Å². The predicted molar refractivity (Wildman–Crippen MR) is 112 cm³/mol. The van der Waals surface area contributed by atoms with Crippen LogP contribution in [-0.4, -0.2) is 60.7 Å². The number of primary amides is 1. The van der Waals surface area contributed by atoms with Gasteiger partial charge >= 0.3 is 6.03 Å². The van der Waals surface area contributed by atoms with Crippen molar-refractivity contribution in [2.24, 2.45) is 10.7 Å². The number of ether oxygens (including phenoxy) is 3. The molecule has 2 amide bonds. The van der Waals surface area contributed by atoms with Crippen molar-refractivity contribution in [2.75, 3.05) is 26.3 Å². The summed E-state index contributed by atoms with van der Waals surface area (Å²) in [5, 5.41) is 16.3. The lowest BCUT2D eigenvalue weighted by atomic mass is 9.93. The first-order chi connectivity index (χ1) is 14.2. The second-order valence-corrected chi connectivity index (χ2v) is 7.99.